The van der Waals surface area contributed by atoms with Crippen molar-refractivity contribution >= 4 is 11.6 Å². The Morgan fingerprint density at radius 1 is 1.43 bits per heavy atom. The van der Waals surface area contributed by atoms with Gasteiger partial charge < -0.3 is 15.4 Å². The van der Waals surface area contributed by atoms with Crippen molar-refractivity contribution in [2.75, 3.05) is 25.6 Å². The fourth-order valence-corrected chi connectivity index (χ4v) is 1.78. The fourth-order valence-electron chi connectivity index (χ4n) is 1.78. The molecule has 0 aliphatic heterocycles. The van der Waals surface area contributed by atoms with E-state index < -0.39 is 0 Å². The van der Waals surface area contributed by atoms with Gasteiger partial charge in [-0.05, 0) is 24.5 Å². The molecule has 0 saturated heterocycles. The lowest BCUT2D eigenvalue weighted by molar-refractivity contribution is -0.117. The molecule has 0 fully saturated rings. The third-order valence-corrected chi connectivity index (χ3v) is 2.95. The molecule has 1 amide bonds. The molecule has 0 bridgehead atoms. The van der Waals surface area contributed by atoms with Crippen molar-refractivity contribution < 1.29 is 9.53 Å². The molecule has 0 aromatic heterocycles. The molecule has 21 heavy (non-hydrogen) atoms. The van der Waals surface area contributed by atoms with Gasteiger partial charge in [0.2, 0.25) is 0 Å². The number of aryl methyl sites for hydroxylation is 1. The second-order valence-electron chi connectivity index (χ2n) is 4.43. The van der Waals surface area contributed by atoms with Gasteiger partial charge in [-0.1, -0.05) is 25.1 Å². The summed E-state index contributed by atoms with van der Waals surface area (Å²) in [6.07, 6.45) is 3.04. The Bertz CT molecular complexity index is 533. The van der Waals surface area contributed by atoms with Gasteiger partial charge in [0, 0.05) is 32.1 Å². The van der Waals surface area contributed by atoms with E-state index in [0.717, 1.165) is 17.7 Å². The molecule has 112 valence electrons. The number of hydrogen-bond acceptors (Lipinski definition) is 4. The average molecular weight is 287 g/mol. The van der Waals surface area contributed by atoms with Crippen LogP contribution >= 0.6 is 0 Å². The van der Waals surface area contributed by atoms with Gasteiger partial charge in [-0.15, -0.1) is 0 Å². The normalized spacial score (nSPS) is 10.8. The molecule has 0 radical (unpaired) electrons. The van der Waals surface area contributed by atoms with Crippen LogP contribution in [0.5, 0.6) is 0 Å². The summed E-state index contributed by atoms with van der Waals surface area (Å²) in [5, 5.41) is 14.8. The predicted molar refractivity (Wildman–Crippen MR) is 82.6 cm³/mol. The van der Waals surface area contributed by atoms with Crippen molar-refractivity contribution in [3.05, 3.63) is 41.6 Å². The number of anilines is 1. The number of hydrogen-bond donors (Lipinski definition) is 2. The first-order valence-corrected chi connectivity index (χ1v) is 6.94. The Balaban J connectivity index is 2.63. The highest BCUT2D eigenvalue weighted by Gasteiger charge is 2.08. The van der Waals surface area contributed by atoms with Crippen LogP contribution in [0, 0.1) is 11.3 Å². The van der Waals surface area contributed by atoms with Crippen molar-refractivity contribution in [1.82, 2.24) is 5.32 Å². The Morgan fingerprint density at radius 3 is 2.86 bits per heavy atom. The molecule has 0 aliphatic carbocycles. The van der Waals surface area contributed by atoms with E-state index >= 15 is 0 Å². The number of methoxy groups -OCH3 is 1. The van der Waals surface area contributed by atoms with Gasteiger partial charge in [0.1, 0.15) is 11.6 Å². The summed E-state index contributed by atoms with van der Waals surface area (Å²) in [6.45, 7) is 3.11. The molecular formula is C16H21N3O2. The Kier molecular flexibility index (Phi) is 7.62. The maximum Gasteiger partial charge on any atom is 0.263 e. The van der Waals surface area contributed by atoms with E-state index in [9.17, 15) is 4.79 Å². The van der Waals surface area contributed by atoms with E-state index in [-0.39, 0.29) is 11.5 Å². The molecule has 1 aromatic carbocycles. The number of nitriles is 1. The quantitative estimate of drug-likeness (QED) is 0.437. The van der Waals surface area contributed by atoms with Crippen LogP contribution in [0.3, 0.4) is 0 Å². The van der Waals surface area contributed by atoms with Crippen LogP contribution in [0.4, 0.5) is 5.69 Å². The smallest absolute Gasteiger partial charge is 0.263 e. The zero-order valence-electron chi connectivity index (χ0n) is 12.5. The maximum atomic E-state index is 11.8. The van der Waals surface area contributed by atoms with E-state index in [4.69, 9.17) is 10.00 Å². The van der Waals surface area contributed by atoms with Crippen molar-refractivity contribution in [2.45, 2.75) is 19.8 Å². The molecule has 1 aromatic rings. The summed E-state index contributed by atoms with van der Waals surface area (Å²) in [4.78, 5) is 11.8. The average Bonchev–Trinajstić information content (AvgIpc) is 2.52. The summed E-state index contributed by atoms with van der Waals surface area (Å²) in [7, 11) is 1.61. The fraction of sp³-hybridized carbons (Fsp3) is 0.375. The van der Waals surface area contributed by atoms with E-state index in [1.807, 2.05) is 30.3 Å². The second kappa shape index (κ2) is 9.56. The van der Waals surface area contributed by atoms with E-state index in [1.165, 1.54) is 6.20 Å². The number of benzene rings is 1. The third-order valence-electron chi connectivity index (χ3n) is 2.95. The minimum Gasteiger partial charge on any atom is -0.385 e. The summed E-state index contributed by atoms with van der Waals surface area (Å²) in [6, 6.07) is 9.70. The summed E-state index contributed by atoms with van der Waals surface area (Å²) in [5.41, 5.74) is 2.09. The summed E-state index contributed by atoms with van der Waals surface area (Å²) < 4.78 is 4.90. The minimum absolute atomic E-state index is 0.0540. The Hall–Kier alpha value is -2.32. The number of carbonyl (C=O) groups excluding carboxylic acids is 1. The van der Waals surface area contributed by atoms with Crippen LogP contribution in [0.1, 0.15) is 18.9 Å². The van der Waals surface area contributed by atoms with Crippen molar-refractivity contribution in [3.63, 3.8) is 0 Å². The van der Waals surface area contributed by atoms with Crippen molar-refractivity contribution in [3.8, 4) is 6.07 Å². The molecule has 0 saturated carbocycles. The lowest BCUT2D eigenvalue weighted by Gasteiger charge is -2.08. The topological polar surface area (TPSA) is 74.2 Å². The highest BCUT2D eigenvalue weighted by molar-refractivity contribution is 5.97. The van der Waals surface area contributed by atoms with E-state index in [1.54, 1.807) is 7.11 Å². The van der Waals surface area contributed by atoms with Gasteiger partial charge in [-0.3, -0.25) is 4.79 Å². The summed E-state index contributed by atoms with van der Waals surface area (Å²) >= 11 is 0. The molecule has 0 unspecified atom stereocenters. The van der Waals surface area contributed by atoms with Crippen molar-refractivity contribution in [1.29, 1.82) is 5.26 Å². The molecule has 5 nitrogen and oxygen atoms in total. The van der Waals surface area contributed by atoms with Crippen LogP contribution in [0.2, 0.25) is 0 Å². The highest BCUT2D eigenvalue weighted by atomic mass is 16.5. The molecule has 0 heterocycles. The van der Waals surface area contributed by atoms with Gasteiger partial charge >= 0.3 is 0 Å². The lowest BCUT2D eigenvalue weighted by atomic mass is 10.1. The monoisotopic (exact) mass is 287 g/mol. The Morgan fingerprint density at radius 2 is 2.19 bits per heavy atom. The minimum atomic E-state index is -0.380. The first kappa shape index (κ1) is 16.7. The molecule has 1 rings (SSSR count). The zero-order valence-corrected chi connectivity index (χ0v) is 12.5. The van der Waals surface area contributed by atoms with Crippen LogP contribution in [0.25, 0.3) is 0 Å². The molecule has 2 N–H and O–H groups in total. The maximum absolute atomic E-state index is 11.8. The van der Waals surface area contributed by atoms with Gasteiger partial charge in [0.25, 0.3) is 5.91 Å². The highest BCUT2D eigenvalue weighted by Crippen LogP contribution is 2.15. The zero-order chi connectivity index (χ0) is 15.5. The summed E-state index contributed by atoms with van der Waals surface area (Å²) in [5.74, 6) is -0.380. The molecule has 0 spiro atoms. The van der Waals surface area contributed by atoms with Crippen molar-refractivity contribution in [2.24, 2.45) is 0 Å². The largest absolute Gasteiger partial charge is 0.385 e. The SMILES string of the molecule is CCc1ccccc1N/C=C(/C#N)C(=O)NCCCOC. The number of nitrogens with one attached hydrogen (secondary N) is 2. The Labute approximate surface area is 125 Å². The van der Waals surface area contributed by atoms with Gasteiger partial charge in [-0.25, -0.2) is 0 Å². The number of carbonyl (C=O) groups is 1. The lowest BCUT2D eigenvalue weighted by Crippen LogP contribution is -2.26. The number of amides is 1. The third kappa shape index (κ3) is 5.67. The van der Waals surface area contributed by atoms with Gasteiger partial charge in [0.15, 0.2) is 0 Å². The predicted octanol–water partition coefficient (Wildman–Crippen LogP) is 2.22. The number of rotatable bonds is 8. The molecule has 0 atom stereocenters. The standard InChI is InChI=1S/C16H21N3O2/c1-3-13-7-4-5-8-15(13)19-12-14(11-17)16(20)18-9-6-10-21-2/h4-5,7-8,12,19H,3,6,9-10H2,1-2H3,(H,18,20)/b14-12-. The number of para-hydroxylation sites is 1. The van der Waals surface area contributed by atoms with E-state index in [0.29, 0.717) is 19.6 Å². The van der Waals surface area contributed by atoms with E-state index in [2.05, 4.69) is 17.6 Å². The molecular weight excluding hydrogens is 266 g/mol. The number of ether oxygens (including phenoxy) is 1. The van der Waals surface area contributed by atoms with Crippen LogP contribution in [-0.4, -0.2) is 26.2 Å². The molecule has 5 heteroatoms. The van der Waals surface area contributed by atoms with Crippen LogP contribution in [0.15, 0.2) is 36.0 Å². The first-order valence-electron chi connectivity index (χ1n) is 6.94. The van der Waals surface area contributed by atoms with Crippen LogP contribution < -0.4 is 10.6 Å². The second-order valence-corrected chi connectivity index (χ2v) is 4.43. The van der Waals surface area contributed by atoms with Gasteiger partial charge in [0.05, 0.1) is 0 Å². The van der Waals surface area contributed by atoms with Gasteiger partial charge in [-0.2, -0.15) is 5.26 Å². The number of nitrogens with zero attached hydrogens (tertiary/aromatic N) is 1. The molecule has 0 aliphatic rings. The first-order chi connectivity index (χ1) is 10.2. The van der Waals surface area contributed by atoms with Crippen LogP contribution in [-0.2, 0) is 16.0 Å².